The van der Waals surface area contributed by atoms with E-state index in [0.717, 1.165) is 37.0 Å². The molecule has 0 saturated carbocycles. The number of amides is 1. The van der Waals surface area contributed by atoms with Crippen LogP contribution in [0.5, 0.6) is 5.75 Å². The van der Waals surface area contributed by atoms with Crippen molar-refractivity contribution in [2.75, 3.05) is 26.8 Å². The molecule has 1 aliphatic carbocycles. The number of rotatable bonds is 7. The molecule has 1 heterocycles. The molecule has 0 aromatic heterocycles. The summed E-state index contributed by atoms with van der Waals surface area (Å²) < 4.78 is 10.8. The van der Waals surface area contributed by atoms with Crippen LogP contribution in [0.1, 0.15) is 57.4 Å². The molecule has 1 saturated heterocycles. The standard InChI is InChI=1S/C24H33NO4/c1-3-29-23(27)24(17-20-11-7-12-21(15-20)28-2)13-8-14-25(18-24)22(26)16-19-9-5-4-6-10-19/h7,9,11-12,15H,3-6,8,10,13-14,16-18H2,1-2H3/t24-/m1/s1. The molecule has 158 valence electrons. The molecule has 0 unspecified atom stereocenters. The van der Waals surface area contributed by atoms with Crippen molar-refractivity contribution >= 4 is 11.9 Å². The third-order valence-corrected chi connectivity index (χ3v) is 6.08. The maximum atomic E-state index is 13.0. The summed E-state index contributed by atoms with van der Waals surface area (Å²) in [5.74, 6) is 0.712. The second-order valence-corrected chi connectivity index (χ2v) is 8.23. The Balaban J connectivity index is 1.78. The van der Waals surface area contributed by atoms with Crippen LogP contribution in [-0.2, 0) is 20.7 Å². The molecule has 1 aromatic rings. The Morgan fingerprint density at radius 3 is 2.79 bits per heavy atom. The van der Waals surface area contributed by atoms with Crippen molar-refractivity contribution < 1.29 is 19.1 Å². The number of allylic oxidation sites excluding steroid dienone is 1. The van der Waals surface area contributed by atoms with E-state index in [-0.39, 0.29) is 11.9 Å². The van der Waals surface area contributed by atoms with Gasteiger partial charge in [0, 0.05) is 19.5 Å². The molecule has 29 heavy (non-hydrogen) atoms. The molecule has 1 atom stereocenters. The number of benzene rings is 1. The molecule has 3 rings (SSSR count). The summed E-state index contributed by atoms with van der Waals surface area (Å²) >= 11 is 0. The lowest BCUT2D eigenvalue weighted by Gasteiger charge is -2.41. The minimum atomic E-state index is -0.697. The average Bonchev–Trinajstić information content (AvgIpc) is 2.75. The van der Waals surface area contributed by atoms with Crippen LogP contribution in [0.4, 0.5) is 0 Å². The normalized spacial score (nSPS) is 22.0. The highest BCUT2D eigenvalue weighted by Crippen LogP contribution is 2.36. The fourth-order valence-electron chi connectivity index (χ4n) is 4.56. The van der Waals surface area contributed by atoms with Gasteiger partial charge in [-0.15, -0.1) is 0 Å². The zero-order chi connectivity index (χ0) is 20.7. The van der Waals surface area contributed by atoms with Gasteiger partial charge in [-0.3, -0.25) is 9.59 Å². The van der Waals surface area contributed by atoms with Gasteiger partial charge in [0.05, 0.1) is 19.1 Å². The first kappa shape index (κ1) is 21.4. The third-order valence-electron chi connectivity index (χ3n) is 6.08. The van der Waals surface area contributed by atoms with E-state index in [4.69, 9.17) is 9.47 Å². The molecule has 0 radical (unpaired) electrons. The zero-order valence-electron chi connectivity index (χ0n) is 17.7. The number of ether oxygens (including phenoxy) is 2. The van der Waals surface area contributed by atoms with Gasteiger partial charge in [0.25, 0.3) is 0 Å². The lowest BCUT2D eigenvalue weighted by atomic mass is 9.75. The molecular formula is C24H33NO4. The molecule has 1 fully saturated rings. The third kappa shape index (κ3) is 5.40. The van der Waals surface area contributed by atoms with Crippen molar-refractivity contribution in [1.29, 1.82) is 0 Å². The predicted molar refractivity (Wildman–Crippen MR) is 113 cm³/mol. The highest BCUT2D eigenvalue weighted by molar-refractivity contribution is 5.82. The highest BCUT2D eigenvalue weighted by Gasteiger charge is 2.44. The summed E-state index contributed by atoms with van der Waals surface area (Å²) in [4.78, 5) is 27.9. The highest BCUT2D eigenvalue weighted by atomic mass is 16.5. The number of nitrogens with zero attached hydrogens (tertiary/aromatic N) is 1. The van der Waals surface area contributed by atoms with E-state index in [2.05, 4.69) is 6.08 Å². The van der Waals surface area contributed by atoms with E-state index in [9.17, 15) is 9.59 Å². The summed E-state index contributed by atoms with van der Waals surface area (Å²) in [6.07, 6.45) is 9.28. The molecule has 5 nitrogen and oxygen atoms in total. The zero-order valence-corrected chi connectivity index (χ0v) is 17.7. The van der Waals surface area contributed by atoms with Crippen LogP contribution in [0.25, 0.3) is 0 Å². The first-order chi connectivity index (χ1) is 14.1. The Labute approximate surface area is 174 Å². The molecule has 0 bridgehead atoms. The number of hydrogen-bond donors (Lipinski definition) is 0. The molecule has 2 aliphatic rings. The number of carbonyl (C=O) groups is 2. The van der Waals surface area contributed by atoms with Gasteiger partial charge in [0.2, 0.25) is 5.91 Å². The molecule has 5 heteroatoms. The Bertz CT molecular complexity index is 757. The number of methoxy groups -OCH3 is 1. The summed E-state index contributed by atoms with van der Waals surface area (Å²) in [7, 11) is 1.64. The van der Waals surface area contributed by atoms with Crippen LogP contribution >= 0.6 is 0 Å². The van der Waals surface area contributed by atoms with Crippen LogP contribution in [0, 0.1) is 5.41 Å². The molecule has 1 aromatic carbocycles. The molecule has 1 aliphatic heterocycles. The predicted octanol–water partition coefficient (Wildman–Crippen LogP) is 4.30. The van der Waals surface area contributed by atoms with E-state index in [0.29, 0.717) is 32.5 Å². The maximum absolute atomic E-state index is 13.0. The van der Waals surface area contributed by atoms with Gasteiger partial charge in [-0.25, -0.2) is 0 Å². The van der Waals surface area contributed by atoms with Crippen molar-refractivity contribution in [2.45, 2.75) is 58.3 Å². The van der Waals surface area contributed by atoms with Gasteiger partial charge in [0.1, 0.15) is 5.75 Å². The first-order valence-corrected chi connectivity index (χ1v) is 10.8. The van der Waals surface area contributed by atoms with Crippen LogP contribution < -0.4 is 4.74 Å². The molecule has 0 spiro atoms. The summed E-state index contributed by atoms with van der Waals surface area (Å²) in [6.45, 7) is 3.32. The quantitative estimate of drug-likeness (QED) is 0.507. The fraction of sp³-hybridized carbons (Fsp3) is 0.583. The minimum Gasteiger partial charge on any atom is -0.497 e. The number of carbonyl (C=O) groups excluding carboxylic acids is 2. The largest absolute Gasteiger partial charge is 0.497 e. The van der Waals surface area contributed by atoms with E-state index < -0.39 is 5.41 Å². The summed E-state index contributed by atoms with van der Waals surface area (Å²) in [5.41, 5.74) is 1.58. The van der Waals surface area contributed by atoms with E-state index in [1.807, 2.05) is 36.1 Å². The van der Waals surface area contributed by atoms with E-state index >= 15 is 0 Å². The van der Waals surface area contributed by atoms with Gasteiger partial charge in [0.15, 0.2) is 0 Å². The van der Waals surface area contributed by atoms with E-state index in [1.54, 1.807) is 7.11 Å². The van der Waals surface area contributed by atoms with Gasteiger partial charge in [-0.2, -0.15) is 0 Å². The number of hydrogen-bond acceptors (Lipinski definition) is 4. The van der Waals surface area contributed by atoms with E-state index in [1.165, 1.54) is 18.4 Å². The minimum absolute atomic E-state index is 0.136. The van der Waals surface area contributed by atoms with Crippen molar-refractivity contribution in [3.8, 4) is 5.75 Å². The molecule has 0 N–H and O–H groups in total. The monoisotopic (exact) mass is 399 g/mol. The smallest absolute Gasteiger partial charge is 0.314 e. The lowest BCUT2D eigenvalue weighted by molar-refractivity contribution is -0.160. The topological polar surface area (TPSA) is 55.8 Å². The van der Waals surface area contributed by atoms with Crippen LogP contribution in [0.2, 0.25) is 0 Å². The van der Waals surface area contributed by atoms with Crippen LogP contribution in [-0.4, -0.2) is 43.6 Å². The van der Waals surface area contributed by atoms with Crippen molar-refractivity contribution in [3.63, 3.8) is 0 Å². The Morgan fingerprint density at radius 2 is 2.07 bits per heavy atom. The Morgan fingerprint density at radius 1 is 1.21 bits per heavy atom. The lowest BCUT2D eigenvalue weighted by Crippen LogP contribution is -2.51. The van der Waals surface area contributed by atoms with Gasteiger partial charge in [-0.05, 0) is 69.6 Å². The second kappa shape index (κ2) is 9.95. The number of likely N-dealkylation sites (tertiary alicyclic amines) is 1. The summed E-state index contributed by atoms with van der Waals surface area (Å²) in [6, 6.07) is 7.81. The second-order valence-electron chi connectivity index (χ2n) is 8.23. The SMILES string of the molecule is CCOC(=O)[C@@]1(Cc2cccc(OC)c2)CCCN(C(=O)CC2=CCCCC2)C1. The molecular weight excluding hydrogens is 366 g/mol. The van der Waals surface area contributed by atoms with Crippen molar-refractivity contribution in [3.05, 3.63) is 41.5 Å². The Kier molecular flexibility index (Phi) is 7.34. The van der Waals surface area contributed by atoms with Crippen molar-refractivity contribution in [2.24, 2.45) is 5.41 Å². The summed E-state index contributed by atoms with van der Waals surface area (Å²) in [5, 5.41) is 0. The number of piperidine rings is 1. The van der Waals surface area contributed by atoms with Crippen LogP contribution in [0.3, 0.4) is 0 Å². The number of esters is 1. The molecule has 1 amide bonds. The Hall–Kier alpha value is -2.30. The van der Waals surface area contributed by atoms with Crippen LogP contribution in [0.15, 0.2) is 35.9 Å². The maximum Gasteiger partial charge on any atom is 0.314 e. The van der Waals surface area contributed by atoms with Gasteiger partial charge >= 0.3 is 5.97 Å². The first-order valence-electron chi connectivity index (χ1n) is 10.8. The van der Waals surface area contributed by atoms with Gasteiger partial charge < -0.3 is 14.4 Å². The van der Waals surface area contributed by atoms with Gasteiger partial charge in [-0.1, -0.05) is 23.8 Å². The fourth-order valence-corrected chi connectivity index (χ4v) is 4.56. The average molecular weight is 400 g/mol. The van der Waals surface area contributed by atoms with Crippen molar-refractivity contribution in [1.82, 2.24) is 4.90 Å².